The number of aryl methyl sites for hydroxylation is 1. The van der Waals surface area contributed by atoms with Gasteiger partial charge in [0.05, 0.1) is 0 Å². The number of carbonyl (C=O) groups excluding carboxylic acids is 1. The average Bonchev–Trinajstić information content (AvgIpc) is 2.73. The minimum atomic E-state index is -2.20. The zero-order valence-corrected chi connectivity index (χ0v) is 13.3. The third kappa shape index (κ3) is 2.98. The maximum atomic E-state index is 12.5. The Balaban J connectivity index is 1.89. The lowest BCUT2D eigenvalue weighted by Crippen LogP contribution is -2.24. The summed E-state index contributed by atoms with van der Waals surface area (Å²) in [6.45, 7) is 2.89. The standard InChI is InChI=1S/C17H24N4O/c1-11-8-9-13-15(18-11)21(12-6-5-7-12)16(19-13)20-14(22)10-17(2,3)4/h8-9,12H,5-7,10H2,1-4H3,(H,19,20,22)/i2D3. The summed E-state index contributed by atoms with van der Waals surface area (Å²) in [5, 5.41) is 2.82. The minimum absolute atomic E-state index is 0.0934. The molecule has 1 aliphatic carbocycles. The van der Waals surface area contributed by atoms with Gasteiger partial charge in [-0.2, -0.15) is 0 Å². The second kappa shape index (κ2) is 5.38. The first-order chi connectivity index (χ1) is 11.6. The minimum Gasteiger partial charge on any atom is -0.296 e. The van der Waals surface area contributed by atoms with Crippen molar-refractivity contribution in [2.24, 2.45) is 5.41 Å². The molecule has 0 bridgehead atoms. The van der Waals surface area contributed by atoms with Crippen LogP contribution in [0.25, 0.3) is 11.2 Å². The fourth-order valence-electron chi connectivity index (χ4n) is 2.72. The molecule has 0 aliphatic heterocycles. The van der Waals surface area contributed by atoms with Crippen molar-refractivity contribution in [3.63, 3.8) is 0 Å². The lowest BCUT2D eigenvalue weighted by atomic mass is 9.92. The Hall–Kier alpha value is -1.91. The van der Waals surface area contributed by atoms with Gasteiger partial charge in [-0.3, -0.25) is 14.7 Å². The lowest BCUT2D eigenvalue weighted by molar-refractivity contribution is -0.117. The highest BCUT2D eigenvalue weighted by Crippen LogP contribution is 2.36. The lowest BCUT2D eigenvalue weighted by Gasteiger charge is -2.28. The third-order valence-corrected chi connectivity index (χ3v) is 3.97. The molecule has 3 rings (SSSR count). The van der Waals surface area contributed by atoms with Gasteiger partial charge < -0.3 is 0 Å². The highest BCUT2D eigenvalue weighted by Gasteiger charge is 2.27. The predicted molar refractivity (Wildman–Crippen MR) is 87.9 cm³/mol. The fourth-order valence-corrected chi connectivity index (χ4v) is 2.72. The second-order valence-electron chi connectivity index (χ2n) is 6.79. The van der Waals surface area contributed by atoms with Gasteiger partial charge in [-0.15, -0.1) is 0 Å². The summed E-state index contributed by atoms with van der Waals surface area (Å²) in [5.41, 5.74) is 1.31. The van der Waals surface area contributed by atoms with Crippen molar-refractivity contribution in [1.82, 2.24) is 14.5 Å². The van der Waals surface area contributed by atoms with Gasteiger partial charge in [-0.1, -0.05) is 20.7 Å². The van der Waals surface area contributed by atoms with Gasteiger partial charge in [0.2, 0.25) is 11.9 Å². The molecule has 5 heteroatoms. The molecule has 0 unspecified atom stereocenters. The number of fused-ring (bicyclic) bond motifs is 1. The van der Waals surface area contributed by atoms with E-state index in [1.54, 1.807) is 13.8 Å². The van der Waals surface area contributed by atoms with Gasteiger partial charge >= 0.3 is 0 Å². The van der Waals surface area contributed by atoms with Crippen LogP contribution in [-0.2, 0) is 4.79 Å². The van der Waals surface area contributed by atoms with E-state index in [4.69, 9.17) is 4.11 Å². The number of rotatable bonds is 3. The van der Waals surface area contributed by atoms with Crippen LogP contribution in [0.15, 0.2) is 12.1 Å². The summed E-state index contributed by atoms with van der Waals surface area (Å²) in [7, 11) is 0. The Kier molecular flexibility index (Phi) is 2.84. The van der Waals surface area contributed by atoms with E-state index >= 15 is 0 Å². The van der Waals surface area contributed by atoms with Gasteiger partial charge in [0.15, 0.2) is 5.65 Å². The Labute approximate surface area is 135 Å². The third-order valence-electron chi connectivity index (χ3n) is 3.97. The van der Waals surface area contributed by atoms with Crippen LogP contribution in [0.1, 0.15) is 62.2 Å². The van der Waals surface area contributed by atoms with Gasteiger partial charge in [0.25, 0.3) is 0 Å². The number of amides is 1. The van der Waals surface area contributed by atoms with E-state index in [1.807, 2.05) is 23.6 Å². The normalized spacial score (nSPS) is 18.4. The van der Waals surface area contributed by atoms with Crippen LogP contribution in [-0.4, -0.2) is 20.4 Å². The Bertz CT molecular complexity index is 806. The van der Waals surface area contributed by atoms with Gasteiger partial charge in [0, 0.05) is 22.3 Å². The summed E-state index contributed by atoms with van der Waals surface area (Å²) in [5.74, 6) is 0.123. The summed E-state index contributed by atoms with van der Waals surface area (Å²) >= 11 is 0. The first kappa shape index (κ1) is 11.6. The molecular weight excluding hydrogens is 276 g/mol. The van der Waals surface area contributed by atoms with E-state index in [1.165, 1.54) is 0 Å². The molecule has 1 saturated carbocycles. The number of anilines is 1. The molecule has 0 saturated heterocycles. The van der Waals surface area contributed by atoms with Crippen molar-refractivity contribution in [1.29, 1.82) is 0 Å². The number of nitrogens with zero attached hydrogens (tertiary/aromatic N) is 3. The van der Waals surface area contributed by atoms with Gasteiger partial charge in [-0.05, 0) is 43.7 Å². The summed E-state index contributed by atoms with van der Waals surface area (Å²) < 4.78 is 24.8. The van der Waals surface area contributed by atoms with Crippen LogP contribution in [0.5, 0.6) is 0 Å². The smallest absolute Gasteiger partial charge is 0.227 e. The van der Waals surface area contributed by atoms with E-state index in [0.717, 1.165) is 36.1 Å². The van der Waals surface area contributed by atoms with Crippen molar-refractivity contribution in [2.45, 2.75) is 59.3 Å². The van der Waals surface area contributed by atoms with Crippen molar-refractivity contribution < 1.29 is 8.91 Å². The molecule has 1 N–H and O–H groups in total. The Morgan fingerprint density at radius 3 is 2.86 bits per heavy atom. The molecule has 2 heterocycles. The van der Waals surface area contributed by atoms with E-state index in [0.29, 0.717) is 5.95 Å². The SMILES string of the molecule is [2H]C([2H])([2H])C(C)(C)CC(=O)Nc1nc2ccc(C)nc2n1C1CCC1. The highest BCUT2D eigenvalue weighted by molar-refractivity contribution is 5.91. The van der Waals surface area contributed by atoms with E-state index in [9.17, 15) is 4.79 Å². The monoisotopic (exact) mass is 303 g/mol. The number of imidazole rings is 1. The number of hydrogen-bond donors (Lipinski definition) is 1. The molecule has 1 amide bonds. The number of hydrogen-bond acceptors (Lipinski definition) is 3. The van der Waals surface area contributed by atoms with Crippen LogP contribution < -0.4 is 5.32 Å². The summed E-state index contributed by atoms with van der Waals surface area (Å²) in [6.07, 6.45) is 3.12. The van der Waals surface area contributed by atoms with Crippen LogP contribution in [0, 0.1) is 12.3 Å². The number of nitrogens with one attached hydrogen (secondary N) is 1. The maximum Gasteiger partial charge on any atom is 0.227 e. The van der Waals surface area contributed by atoms with Gasteiger partial charge in [-0.25, -0.2) is 9.97 Å². The zero-order chi connectivity index (χ0) is 18.4. The van der Waals surface area contributed by atoms with Crippen molar-refractivity contribution in [3.8, 4) is 0 Å². The van der Waals surface area contributed by atoms with Crippen molar-refractivity contribution >= 4 is 23.0 Å². The number of carbonyl (C=O) groups is 1. The quantitative estimate of drug-likeness (QED) is 0.937. The average molecular weight is 303 g/mol. The molecule has 0 radical (unpaired) electrons. The molecule has 118 valence electrons. The highest BCUT2D eigenvalue weighted by atomic mass is 16.1. The van der Waals surface area contributed by atoms with E-state index in [-0.39, 0.29) is 18.4 Å². The Morgan fingerprint density at radius 1 is 1.45 bits per heavy atom. The molecule has 2 aromatic heterocycles. The summed E-state index contributed by atoms with van der Waals surface area (Å²) in [6, 6.07) is 4.07. The first-order valence-electron chi connectivity index (χ1n) is 9.24. The number of pyridine rings is 1. The van der Waals surface area contributed by atoms with Crippen LogP contribution in [0.3, 0.4) is 0 Å². The van der Waals surface area contributed by atoms with Gasteiger partial charge in [0.1, 0.15) is 5.52 Å². The van der Waals surface area contributed by atoms with Crippen LogP contribution in [0.4, 0.5) is 5.95 Å². The predicted octanol–water partition coefficient (Wildman–Crippen LogP) is 3.84. The first-order valence-corrected chi connectivity index (χ1v) is 7.74. The van der Waals surface area contributed by atoms with E-state index < -0.39 is 12.3 Å². The van der Waals surface area contributed by atoms with Crippen LogP contribution >= 0.6 is 0 Å². The number of aromatic nitrogens is 3. The topological polar surface area (TPSA) is 59.8 Å². The molecule has 0 aromatic carbocycles. The molecule has 0 spiro atoms. The molecule has 0 atom stereocenters. The molecule has 2 aromatic rings. The Morgan fingerprint density at radius 2 is 2.23 bits per heavy atom. The zero-order valence-electron chi connectivity index (χ0n) is 16.3. The summed E-state index contributed by atoms with van der Waals surface area (Å²) in [4.78, 5) is 21.6. The maximum absolute atomic E-state index is 12.5. The molecule has 1 aliphatic rings. The largest absolute Gasteiger partial charge is 0.296 e. The molecule has 22 heavy (non-hydrogen) atoms. The van der Waals surface area contributed by atoms with Crippen molar-refractivity contribution in [2.75, 3.05) is 5.32 Å². The van der Waals surface area contributed by atoms with Crippen molar-refractivity contribution in [3.05, 3.63) is 17.8 Å². The van der Waals surface area contributed by atoms with Crippen LogP contribution in [0.2, 0.25) is 0 Å². The van der Waals surface area contributed by atoms with E-state index in [2.05, 4.69) is 15.3 Å². The molecule has 5 nitrogen and oxygen atoms in total. The fraction of sp³-hybridized carbons (Fsp3) is 0.588. The molecule has 1 fully saturated rings. The second-order valence-corrected chi connectivity index (χ2v) is 6.79. The molecular formula is C17H24N4O.